The molecule has 0 saturated heterocycles. The molecule has 6 nitrogen and oxygen atoms in total. The highest BCUT2D eigenvalue weighted by Crippen LogP contribution is 2.27. The molecule has 0 aromatic heterocycles. The summed E-state index contributed by atoms with van der Waals surface area (Å²) in [7, 11) is 1.81. The largest absolute Gasteiger partial charge is 0.478 e. The molecule has 0 aliphatic rings. The van der Waals surface area contributed by atoms with E-state index in [-0.39, 0.29) is 17.3 Å². The van der Waals surface area contributed by atoms with E-state index < -0.39 is 10.9 Å². The second kappa shape index (κ2) is 6.36. The van der Waals surface area contributed by atoms with Gasteiger partial charge in [0.05, 0.1) is 16.2 Å². The van der Waals surface area contributed by atoms with Gasteiger partial charge < -0.3 is 10.0 Å². The molecule has 0 bridgehead atoms. The van der Waals surface area contributed by atoms with E-state index in [1.165, 1.54) is 12.1 Å². The van der Waals surface area contributed by atoms with Gasteiger partial charge in [0, 0.05) is 25.2 Å². The lowest BCUT2D eigenvalue weighted by Crippen LogP contribution is -2.31. The van der Waals surface area contributed by atoms with Gasteiger partial charge >= 0.3 is 5.97 Å². The van der Waals surface area contributed by atoms with Crippen LogP contribution in [0.3, 0.4) is 0 Å². The lowest BCUT2D eigenvalue weighted by Gasteiger charge is -2.29. The summed E-state index contributed by atoms with van der Waals surface area (Å²) in [5.41, 5.74) is 0.240. The van der Waals surface area contributed by atoms with Gasteiger partial charge in [0.15, 0.2) is 0 Å². The van der Waals surface area contributed by atoms with Crippen LogP contribution < -0.4 is 4.90 Å². The standard InChI is InChI=1S/C14H20N2O4/c1-9(2)7-10(3)15(4)13-6-5-11(16(19)20)8-12(13)14(17)18/h5-6,8-10H,7H2,1-4H3,(H,17,18). The first-order valence-electron chi connectivity index (χ1n) is 6.48. The minimum Gasteiger partial charge on any atom is -0.478 e. The van der Waals surface area contributed by atoms with E-state index in [1.54, 1.807) is 7.05 Å². The van der Waals surface area contributed by atoms with E-state index in [4.69, 9.17) is 0 Å². The molecule has 1 atom stereocenters. The van der Waals surface area contributed by atoms with Crippen LogP contribution in [0, 0.1) is 16.0 Å². The molecular formula is C14H20N2O4. The third-order valence-electron chi connectivity index (χ3n) is 3.28. The Labute approximate surface area is 118 Å². The topological polar surface area (TPSA) is 83.7 Å². The number of nitro benzene ring substituents is 1. The van der Waals surface area contributed by atoms with Crippen LogP contribution >= 0.6 is 0 Å². The van der Waals surface area contributed by atoms with Gasteiger partial charge in [-0.2, -0.15) is 0 Å². The Bertz CT molecular complexity index is 514. The van der Waals surface area contributed by atoms with Crippen LogP contribution in [0.5, 0.6) is 0 Å². The lowest BCUT2D eigenvalue weighted by molar-refractivity contribution is -0.384. The quantitative estimate of drug-likeness (QED) is 0.639. The Morgan fingerprint density at radius 1 is 1.40 bits per heavy atom. The molecule has 1 unspecified atom stereocenters. The molecule has 0 amide bonds. The van der Waals surface area contributed by atoms with Crippen molar-refractivity contribution < 1.29 is 14.8 Å². The Morgan fingerprint density at radius 3 is 2.45 bits per heavy atom. The van der Waals surface area contributed by atoms with Crippen LogP contribution in [0.4, 0.5) is 11.4 Å². The second-order valence-electron chi connectivity index (χ2n) is 5.35. The van der Waals surface area contributed by atoms with Crippen molar-refractivity contribution in [2.24, 2.45) is 5.92 Å². The van der Waals surface area contributed by atoms with Gasteiger partial charge in [0.25, 0.3) is 5.69 Å². The van der Waals surface area contributed by atoms with Crippen LogP contribution in [-0.4, -0.2) is 29.1 Å². The molecule has 1 aromatic rings. The van der Waals surface area contributed by atoms with Crippen molar-refractivity contribution in [3.8, 4) is 0 Å². The van der Waals surface area contributed by atoms with E-state index in [2.05, 4.69) is 13.8 Å². The molecule has 1 N–H and O–H groups in total. The molecule has 0 saturated carbocycles. The number of hydrogen-bond acceptors (Lipinski definition) is 4. The third-order valence-corrected chi connectivity index (χ3v) is 3.28. The molecule has 0 spiro atoms. The molecule has 0 radical (unpaired) electrons. The number of carbonyl (C=O) groups is 1. The molecule has 6 heteroatoms. The van der Waals surface area contributed by atoms with Crippen molar-refractivity contribution in [2.45, 2.75) is 33.2 Å². The van der Waals surface area contributed by atoms with Crippen molar-refractivity contribution in [1.29, 1.82) is 0 Å². The Balaban J connectivity index is 3.16. The zero-order chi connectivity index (χ0) is 15.4. The van der Waals surface area contributed by atoms with Crippen LogP contribution in [0.2, 0.25) is 0 Å². The monoisotopic (exact) mass is 280 g/mol. The predicted octanol–water partition coefficient (Wildman–Crippen LogP) is 3.16. The van der Waals surface area contributed by atoms with E-state index in [9.17, 15) is 20.0 Å². The molecule has 0 aliphatic heterocycles. The number of hydrogen-bond donors (Lipinski definition) is 1. The number of nitrogens with zero attached hydrogens (tertiary/aromatic N) is 2. The molecule has 0 fully saturated rings. The van der Waals surface area contributed by atoms with Gasteiger partial charge in [0.2, 0.25) is 0 Å². The zero-order valence-electron chi connectivity index (χ0n) is 12.2. The molecular weight excluding hydrogens is 260 g/mol. The molecule has 1 aromatic carbocycles. The normalized spacial score (nSPS) is 12.2. The van der Waals surface area contributed by atoms with E-state index in [0.29, 0.717) is 11.6 Å². The van der Waals surface area contributed by atoms with Gasteiger partial charge in [-0.25, -0.2) is 4.79 Å². The van der Waals surface area contributed by atoms with Crippen molar-refractivity contribution in [3.05, 3.63) is 33.9 Å². The van der Waals surface area contributed by atoms with Gasteiger partial charge in [-0.15, -0.1) is 0 Å². The summed E-state index contributed by atoms with van der Waals surface area (Å²) >= 11 is 0. The molecule has 1 rings (SSSR count). The maximum Gasteiger partial charge on any atom is 0.338 e. The highest BCUT2D eigenvalue weighted by molar-refractivity contribution is 5.95. The lowest BCUT2D eigenvalue weighted by atomic mass is 10.0. The Morgan fingerprint density at radius 2 is 2.00 bits per heavy atom. The van der Waals surface area contributed by atoms with Gasteiger partial charge in [-0.1, -0.05) is 13.8 Å². The fraction of sp³-hybridized carbons (Fsp3) is 0.500. The number of aromatic carboxylic acids is 1. The summed E-state index contributed by atoms with van der Waals surface area (Å²) in [6, 6.07) is 4.09. The third kappa shape index (κ3) is 3.69. The van der Waals surface area contributed by atoms with Crippen molar-refractivity contribution >= 4 is 17.3 Å². The molecule has 110 valence electrons. The average Bonchev–Trinajstić information content (AvgIpc) is 2.36. The summed E-state index contributed by atoms with van der Waals surface area (Å²) in [4.78, 5) is 23.3. The van der Waals surface area contributed by atoms with Crippen molar-refractivity contribution in [2.75, 3.05) is 11.9 Å². The second-order valence-corrected chi connectivity index (χ2v) is 5.35. The predicted molar refractivity (Wildman–Crippen MR) is 77.4 cm³/mol. The first-order valence-corrected chi connectivity index (χ1v) is 6.48. The summed E-state index contributed by atoms with van der Waals surface area (Å²) in [6.45, 7) is 6.20. The number of carboxylic acids is 1. The maximum absolute atomic E-state index is 11.3. The minimum absolute atomic E-state index is 0.0442. The van der Waals surface area contributed by atoms with Crippen molar-refractivity contribution in [3.63, 3.8) is 0 Å². The van der Waals surface area contributed by atoms with Crippen LogP contribution in [0.15, 0.2) is 18.2 Å². The first-order chi connectivity index (χ1) is 9.23. The average molecular weight is 280 g/mol. The summed E-state index contributed by atoms with van der Waals surface area (Å²) in [5.74, 6) is -0.675. The first kappa shape index (κ1) is 15.9. The maximum atomic E-state index is 11.3. The van der Waals surface area contributed by atoms with Gasteiger partial charge in [0.1, 0.15) is 0 Å². The minimum atomic E-state index is -1.16. The van der Waals surface area contributed by atoms with Crippen molar-refractivity contribution in [1.82, 2.24) is 0 Å². The SMILES string of the molecule is CC(C)CC(C)N(C)c1ccc([N+](=O)[O-])cc1C(=O)O. The van der Waals surface area contributed by atoms with Crippen LogP contribution in [0.25, 0.3) is 0 Å². The zero-order valence-corrected chi connectivity index (χ0v) is 12.2. The van der Waals surface area contributed by atoms with Crippen LogP contribution in [0.1, 0.15) is 37.6 Å². The van der Waals surface area contributed by atoms with Gasteiger partial charge in [-0.3, -0.25) is 10.1 Å². The number of anilines is 1. The number of non-ortho nitro benzene ring substituents is 1. The van der Waals surface area contributed by atoms with E-state index in [0.717, 1.165) is 12.5 Å². The fourth-order valence-electron chi connectivity index (χ4n) is 2.19. The Hall–Kier alpha value is -2.11. The Kier molecular flexibility index (Phi) is 5.07. The number of benzene rings is 1. The fourth-order valence-corrected chi connectivity index (χ4v) is 2.19. The smallest absolute Gasteiger partial charge is 0.338 e. The van der Waals surface area contributed by atoms with Gasteiger partial charge in [-0.05, 0) is 25.3 Å². The highest BCUT2D eigenvalue weighted by atomic mass is 16.6. The number of carboxylic acid groups (broad SMARTS) is 1. The number of rotatable bonds is 6. The number of nitro groups is 1. The molecule has 20 heavy (non-hydrogen) atoms. The summed E-state index contributed by atoms with van der Waals surface area (Å²) in [5, 5.41) is 20.0. The van der Waals surface area contributed by atoms with E-state index >= 15 is 0 Å². The summed E-state index contributed by atoms with van der Waals surface area (Å²) < 4.78 is 0. The van der Waals surface area contributed by atoms with E-state index in [1.807, 2.05) is 11.8 Å². The van der Waals surface area contributed by atoms with Crippen LogP contribution in [-0.2, 0) is 0 Å². The molecule has 0 aliphatic carbocycles. The molecule has 0 heterocycles. The highest BCUT2D eigenvalue weighted by Gasteiger charge is 2.21. The summed E-state index contributed by atoms with van der Waals surface area (Å²) in [6.07, 6.45) is 0.909.